The van der Waals surface area contributed by atoms with E-state index in [1.807, 2.05) is 6.92 Å². The molecule has 2 N–H and O–H groups in total. The van der Waals surface area contributed by atoms with Crippen LogP contribution in [0.3, 0.4) is 0 Å². The Balaban J connectivity index is 3.22. The van der Waals surface area contributed by atoms with Crippen molar-refractivity contribution < 1.29 is 0 Å². The summed E-state index contributed by atoms with van der Waals surface area (Å²) < 4.78 is 1.08. The van der Waals surface area contributed by atoms with E-state index in [9.17, 15) is 0 Å². The molecule has 0 aromatic heterocycles. The number of halogens is 1. The van der Waals surface area contributed by atoms with Gasteiger partial charge in [-0.3, -0.25) is 0 Å². The van der Waals surface area contributed by atoms with E-state index in [1.54, 1.807) is 0 Å². The summed E-state index contributed by atoms with van der Waals surface area (Å²) in [5.41, 5.74) is 8.60. The molecule has 2 nitrogen and oxygen atoms in total. The maximum Gasteiger partial charge on any atom is 0.0417 e. The van der Waals surface area contributed by atoms with Crippen LogP contribution in [0.1, 0.15) is 45.7 Å². The van der Waals surface area contributed by atoms with Crippen LogP contribution < -0.4 is 10.6 Å². The lowest BCUT2D eigenvalue weighted by Gasteiger charge is -2.38. The fourth-order valence-corrected chi connectivity index (χ4v) is 2.14. The van der Waals surface area contributed by atoms with E-state index in [0.717, 1.165) is 10.9 Å². The first-order valence-electron chi connectivity index (χ1n) is 6.08. The molecule has 0 radical (unpaired) electrons. The van der Waals surface area contributed by atoms with Gasteiger partial charge in [0.05, 0.1) is 0 Å². The molecule has 1 atom stereocenters. The number of hydrogen-bond acceptors (Lipinski definition) is 2. The lowest BCUT2D eigenvalue weighted by atomic mass is 9.96. The Morgan fingerprint density at radius 1 is 1.41 bits per heavy atom. The lowest BCUT2D eigenvalue weighted by molar-refractivity contribution is 0.469. The second kappa shape index (κ2) is 5.40. The molecule has 0 aliphatic carbocycles. The van der Waals surface area contributed by atoms with Crippen molar-refractivity contribution in [1.82, 2.24) is 0 Å². The second-order valence-electron chi connectivity index (χ2n) is 5.22. The van der Waals surface area contributed by atoms with Gasteiger partial charge in [0.2, 0.25) is 0 Å². The van der Waals surface area contributed by atoms with Crippen molar-refractivity contribution >= 4 is 21.6 Å². The van der Waals surface area contributed by atoms with Crippen molar-refractivity contribution in [2.45, 2.75) is 45.7 Å². The third kappa shape index (κ3) is 3.23. The van der Waals surface area contributed by atoms with E-state index in [2.05, 4.69) is 66.8 Å². The van der Waals surface area contributed by atoms with Crippen molar-refractivity contribution in [3.63, 3.8) is 0 Å². The van der Waals surface area contributed by atoms with Crippen LogP contribution in [0.15, 0.2) is 22.7 Å². The smallest absolute Gasteiger partial charge is 0.0417 e. The highest BCUT2D eigenvalue weighted by atomic mass is 79.9. The zero-order valence-corrected chi connectivity index (χ0v) is 13.0. The van der Waals surface area contributed by atoms with Gasteiger partial charge in [-0.2, -0.15) is 0 Å². The Hall–Kier alpha value is -0.540. The van der Waals surface area contributed by atoms with Crippen molar-refractivity contribution in [2.75, 3.05) is 11.9 Å². The normalized spacial score (nSPS) is 13.6. The van der Waals surface area contributed by atoms with Gasteiger partial charge in [-0.1, -0.05) is 22.9 Å². The Labute approximate surface area is 113 Å². The molecule has 0 aliphatic heterocycles. The molecular formula is C14H23BrN2. The van der Waals surface area contributed by atoms with Crippen molar-refractivity contribution in [3.05, 3.63) is 28.2 Å². The highest BCUT2D eigenvalue weighted by Gasteiger charge is 2.24. The van der Waals surface area contributed by atoms with Gasteiger partial charge < -0.3 is 10.6 Å². The summed E-state index contributed by atoms with van der Waals surface area (Å²) in [6.45, 7) is 8.74. The molecule has 1 unspecified atom stereocenters. The topological polar surface area (TPSA) is 29.3 Å². The molecule has 0 heterocycles. The third-order valence-corrected chi connectivity index (χ3v) is 4.11. The summed E-state index contributed by atoms with van der Waals surface area (Å²) in [6.07, 6.45) is 1.10. The Morgan fingerprint density at radius 2 is 2.00 bits per heavy atom. The predicted octanol–water partition coefficient (Wildman–Crippen LogP) is 4.09. The van der Waals surface area contributed by atoms with Gasteiger partial charge >= 0.3 is 0 Å². The number of hydrogen-bond donors (Lipinski definition) is 1. The summed E-state index contributed by atoms with van der Waals surface area (Å²) in [4.78, 5) is 2.32. The lowest BCUT2D eigenvalue weighted by Crippen LogP contribution is -2.41. The fraction of sp³-hybridized carbons (Fsp3) is 0.571. The quantitative estimate of drug-likeness (QED) is 0.907. The van der Waals surface area contributed by atoms with Gasteiger partial charge in [0.25, 0.3) is 0 Å². The Morgan fingerprint density at radius 3 is 2.47 bits per heavy atom. The van der Waals surface area contributed by atoms with Crippen LogP contribution in [0.25, 0.3) is 0 Å². The van der Waals surface area contributed by atoms with E-state index < -0.39 is 0 Å². The zero-order valence-electron chi connectivity index (χ0n) is 11.4. The van der Waals surface area contributed by atoms with Gasteiger partial charge in [0, 0.05) is 28.8 Å². The van der Waals surface area contributed by atoms with E-state index in [1.165, 1.54) is 11.3 Å². The first-order chi connectivity index (χ1) is 7.79. The fourth-order valence-electron chi connectivity index (χ4n) is 1.76. The maximum absolute atomic E-state index is 6.06. The van der Waals surface area contributed by atoms with E-state index in [0.29, 0.717) is 0 Å². The average molecular weight is 299 g/mol. The van der Waals surface area contributed by atoms with Crippen LogP contribution in [0.4, 0.5) is 5.69 Å². The van der Waals surface area contributed by atoms with Gasteiger partial charge in [-0.15, -0.1) is 0 Å². The predicted molar refractivity (Wildman–Crippen MR) is 79.5 cm³/mol. The Bertz CT molecular complexity index is 386. The number of benzene rings is 1. The standard InChI is InChI=1S/C14H23BrN2/c1-6-14(3,4)17(5)13-8-7-11(15)9-12(13)10(2)16/h7-10H,6,16H2,1-5H3. The van der Waals surface area contributed by atoms with E-state index >= 15 is 0 Å². The van der Waals surface area contributed by atoms with E-state index in [4.69, 9.17) is 5.73 Å². The van der Waals surface area contributed by atoms with Crippen molar-refractivity contribution in [3.8, 4) is 0 Å². The molecule has 1 rings (SSSR count). The van der Waals surface area contributed by atoms with Crippen molar-refractivity contribution in [2.24, 2.45) is 5.73 Å². The molecule has 96 valence electrons. The Kier molecular flexibility index (Phi) is 4.62. The third-order valence-electron chi connectivity index (χ3n) is 3.61. The highest BCUT2D eigenvalue weighted by Crippen LogP contribution is 2.32. The number of nitrogens with two attached hydrogens (primary N) is 1. The monoisotopic (exact) mass is 298 g/mol. The largest absolute Gasteiger partial charge is 0.369 e. The van der Waals surface area contributed by atoms with Gasteiger partial charge in [-0.25, -0.2) is 0 Å². The van der Waals surface area contributed by atoms with Crippen LogP contribution >= 0.6 is 15.9 Å². The van der Waals surface area contributed by atoms with E-state index in [-0.39, 0.29) is 11.6 Å². The molecule has 0 spiro atoms. The molecule has 0 saturated heterocycles. The minimum atomic E-state index is 0.0395. The van der Waals surface area contributed by atoms with Crippen LogP contribution in [0.2, 0.25) is 0 Å². The number of anilines is 1. The first-order valence-corrected chi connectivity index (χ1v) is 6.87. The highest BCUT2D eigenvalue weighted by molar-refractivity contribution is 9.10. The minimum Gasteiger partial charge on any atom is -0.369 e. The number of nitrogens with zero attached hydrogens (tertiary/aromatic N) is 1. The summed E-state index contributed by atoms with van der Waals surface area (Å²) in [5, 5.41) is 0. The van der Waals surface area contributed by atoms with Gasteiger partial charge in [0.15, 0.2) is 0 Å². The molecule has 1 aromatic rings. The second-order valence-corrected chi connectivity index (χ2v) is 6.13. The van der Waals surface area contributed by atoms with Crippen molar-refractivity contribution in [1.29, 1.82) is 0 Å². The molecular weight excluding hydrogens is 276 g/mol. The molecule has 3 heteroatoms. The van der Waals surface area contributed by atoms with Crippen LogP contribution in [0, 0.1) is 0 Å². The average Bonchev–Trinajstić information content (AvgIpc) is 2.28. The molecule has 0 bridgehead atoms. The van der Waals surface area contributed by atoms with Crippen LogP contribution in [-0.2, 0) is 0 Å². The number of rotatable bonds is 4. The molecule has 17 heavy (non-hydrogen) atoms. The summed E-state index contributed by atoms with van der Waals surface area (Å²) >= 11 is 3.51. The molecule has 0 aliphatic rings. The van der Waals surface area contributed by atoms with Gasteiger partial charge in [0.1, 0.15) is 0 Å². The minimum absolute atomic E-state index is 0.0395. The molecule has 0 fully saturated rings. The summed E-state index contributed by atoms with van der Waals surface area (Å²) in [6, 6.07) is 6.36. The van der Waals surface area contributed by atoms with Crippen LogP contribution in [-0.4, -0.2) is 12.6 Å². The first kappa shape index (κ1) is 14.5. The molecule has 0 amide bonds. The van der Waals surface area contributed by atoms with Gasteiger partial charge in [-0.05, 0) is 51.0 Å². The molecule has 1 aromatic carbocycles. The SMILES string of the molecule is CCC(C)(C)N(C)c1ccc(Br)cc1C(C)N. The van der Waals surface area contributed by atoms with Crippen LogP contribution in [0.5, 0.6) is 0 Å². The zero-order chi connectivity index (χ0) is 13.2. The molecule has 0 saturated carbocycles. The summed E-state index contributed by atoms with van der Waals surface area (Å²) in [5.74, 6) is 0. The summed E-state index contributed by atoms with van der Waals surface area (Å²) in [7, 11) is 2.14. The maximum atomic E-state index is 6.06.